The molecule has 0 aliphatic rings. The van der Waals surface area contributed by atoms with Gasteiger partial charge < -0.3 is 14.8 Å². The van der Waals surface area contributed by atoms with Crippen molar-refractivity contribution in [3.05, 3.63) is 71.7 Å². The van der Waals surface area contributed by atoms with Crippen LogP contribution in [0.5, 0.6) is 0 Å². The molecular weight excluding hydrogens is 250 g/mol. The van der Waals surface area contributed by atoms with Gasteiger partial charge in [-0.3, -0.25) is 0 Å². The summed E-state index contributed by atoms with van der Waals surface area (Å²) >= 11 is 0. The maximum atomic E-state index is 9.00. The van der Waals surface area contributed by atoms with Crippen molar-refractivity contribution in [1.29, 1.82) is 0 Å². The van der Waals surface area contributed by atoms with E-state index in [4.69, 9.17) is 5.11 Å². The summed E-state index contributed by atoms with van der Waals surface area (Å²) in [4.78, 5) is 4.54. The predicted octanol–water partition coefficient (Wildman–Crippen LogP) is 2.12. The van der Waals surface area contributed by atoms with E-state index in [0.717, 1.165) is 30.0 Å². The number of aliphatic hydroxyl groups is 1. The maximum absolute atomic E-state index is 9.00. The summed E-state index contributed by atoms with van der Waals surface area (Å²) in [7, 11) is 0. The van der Waals surface area contributed by atoms with Gasteiger partial charge in [-0.1, -0.05) is 30.3 Å². The molecule has 4 heteroatoms. The highest BCUT2D eigenvalue weighted by Gasteiger charge is 2.00. The van der Waals surface area contributed by atoms with Gasteiger partial charge in [-0.05, 0) is 23.3 Å². The van der Waals surface area contributed by atoms with Crippen LogP contribution in [-0.2, 0) is 19.7 Å². The summed E-state index contributed by atoms with van der Waals surface area (Å²) < 4.78 is 2.02. The minimum Gasteiger partial charge on any atom is -0.392 e. The quantitative estimate of drug-likeness (QED) is 0.744. The molecule has 2 aromatic heterocycles. The van der Waals surface area contributed by atoms with Crippen molar-refractivity contribution >= 4 is 5.65 Å². The number of benzene rings is 1. The molecule has 0 unspecified atom stereocenters. The fourth-order valence-corrected chi connectivity index (χ4v) is 2.17. The third-order valence-electron chi connectivity index (χ3n) is 3.25. The number of rotatable bonds is 5. The number of aliphatic hydroxyl groups excluding tert-OH is 1. The zero-order valence-electron chi connectivity index (χ0n) is 11.2. The molecule has 102 valence electrons. The highest BCUT2D eigenvalue weighted by Crippen LogP contribution is 2.06. The van der Waals surface area contributed by atoms with E-state index in [0.29, 0.717) is 0 Å². The van der Waals surface area contributed by atoms with Crippen LogP contribution in [0, 0.1) is 0 Å². The van der Waals surface area contributed by atoms with Crippen LogP contribution < -0.4 is 5.32 Å². The number of nitrogens with zero attached hydrogens (tertiary/aromatic N) is 2. The van der Waals surface area contributed by atoms with Crippen molar-refractivity contribution in [3.63, 3.8) is 0 Å². The monoisotopic (exact) mass is 267 g/mol. The standard InChI is InChI=1S/C16H17N3O/c20-12-14-6-4-13(5-7-14)9-17-10-15-11-19-8-2-1-3-16(19)18-15/h1-8,11,17,20H,9-10,12H2. The van der Waals surface area contributed by atoms with Crippen molar-refractivity contribution < 1.29 is 5.11 Å². The van der Waals surface area contributed by atoms with Crippen molar-refractivity contribution in [2.24, 2.45) is 0 Å². The van der Waals surface area contributed by atoms with Gasteiger partial charge in [-0.2, -0.15) is 0 Å². The van der Waals surface area contributed by atoms with Crippen LogP contribution in [0.15, 0.2) is 54.9 Å². The summed E-state index contributed by atoms with van der Waals surface area (Å²) in [5, 5.41) is 12.4. The molecule has 20 heavy (non-hydrogen) atoms. The lowest BCUT2D eigenvalue weighted by molar-refractivity contribution is 0.282. The fourth-order valence-electron chi connectivity index (χ4n) is 2.17. The Morgan fingerprint density at radius 1 is 1.00 bits per heavy atom. The van der Waals surface area contributed by atoms with Crippen LogP contribution in [-0.4, -0.2) is 14.5 Å². The number of fused-ring (bicyclic) bond motifs is 1. The molecule has 2 N–H and O–H groups in total. The number of hydrogen-bond donors (Lipinski definition) is 2. The van der Waals surface area contributed by atoms with E-state index in [9.17, 15) is 0 Å². The first-order valence-corrected chi connectivity index (χ1v) is 6.67. The largest absolute Gasteiger partial charge is 0.392 e. The molecule has 1 aromatic carbocycles. The molecule has 0 aliphatic carbocycles. The van der Waals surface area contributed by atoms with Crippen LogP contribution in [0.4, 0.5) is 0 Å². The number of imidazole rings is 1. The van der Waals surface area contributed by atoms with Gasteiger partial charge in [0.1, 0.15) is 5.65 Å². The third-order valence-corrected chi connectivity index (χ3v) is 3.25. The summed E-state index contributed by atoms with van der Waals surface area (Å²) in [6.07, 6.45) is 4.04. The van der Waals surface area contributed by atoms with Gasteiger partial charge in [0.2, 0.25) is 0 Å². The lowest BCUT2D eigenvalue weighted by Crippen LogP contribution is -2.12. The molecule has 0 saturated heterocycles. The summed E-state index contributed by atoms with van der Waals surface area (Å²) in [5.41, 5.74) is 4.14. The molecule has 0 aliphatic heterocycles. The molecule has 0 atom stereocenters. The molecule has 0 saturated carbocycles. The van der Waals surface area contributed by atoms with E-state index >= 15 is 0 Å². The Morgan fingerprint density at radius 2 is 1.80 bits per heavy atom. The SMILES string of the molecule is OCc1ccc(CNCc2cn3ccccc3n2)cc1. The first-order valence-electron chi connectivity index (χ1n) is 6.67. The molecule has 0 amide bonds. The van der Waals surface area contributed by atoms with Gasteiger partial charge in [-0.25, -0.2) is 4.98 Å². The Labute approximate surface area is 117 Å². The molecule has 2 heterocycles. The van der Waals surface area contributed by atoms with Crippen molar-refractivity contribution in [1.82, 2.24) is 14.7 Å². The van der Waals surface area contributed by atoms with Crippen LogP contribution in [0.25, 0.3) is 5.65 Å². The Bertz CT molecular complexity index is 655. The van der Waals surface area contributed by atoms with Crippen LogP contribution in [0.1, 0.15) is 16.8 Å². The van der Waals surface area contributed by atoms with E-state index in [1.54, 1.807) is 0 Å². The van der Waals surface area contributed by atoms with Crippen LogP contribution >= 0.6 is 0 Å². The first-order chi connectivity index (χ1) is 9.85. The number of hydrogen-bond acceptors (Lipinski definition) is 3. The molecule has 0 radical (unpaired) electrons. The minimum absolute atomic E-state index is 0.0922. The van der Waals surface area contributed by atoms with Crippen molar-refractivity contribution in [2.75, 3.05) is 0 Å². The smallest absolute Gasteiger partial charge is 0.137 e. The Kier molecular flexibility index (Phi) is 3.76. The van der Waals surface area contributed by atoms with Gasteiger partial charge >= 0.3 is 0 Å². The second-order valence-corrected chi connectivity index (χ2v) is 4.78. The molecule has 4 nitrogen and oxygen atoms in total. The highest BCUT2D eigenvalue weighted by molar-refractivity contribution is 5.39. The second kappa shape index (κ2) is 5.86. The Balaban J connectivity index is 1.58. The molecule has 0 spiro atoms. The van der Waals surface area contributed by atoms with Gasteiger partial charge in [-0.15, -0.1) is 0 Å². The number of nitrogens with one attached hydrogen (secondary N) is 1. The molecule has 0 fully saturated rings. The topological polar surface area (TPSA) is 49.6 Å². The van der Waals surface area contributed by atoms with E-state index in [-0.39, 0.29) is 6.61 Å². The molecular formula is C16H17N3O. The average Bonchev–Trinajstić information content (AvgIpc) is 2.90. The van der Waals surface area contributed by atoms with Gasteiger partial charge in [0.05, 0.1) is 12.3 Å². The number of aromatic nitrogens is 2. The molecule has 3 rings (SSSR count). The normalized spacial score (nSPS) is 11.1. The van der Waals surface area contributed by atoms with Crippen molar-refractivity contribution in [2.45, 2.75) is 19.7 Å². The van der Waals surface area contributed by atoms with Crippen molar-refractivity contribution in [3.8, 4) is 0 Å². The number of pyridine rings is 1. The highest BCUT2D eigenvalue weighted by atomic mass is 16.3. The third kappa shape index (κ3) is 2.87. The van der Waals surface area contributed by atoms with Crippen LogP contribution in [0.2, 0.25) is 0 Å². The van der Waals surface area contributed by atoms with E-state index < -0.39 is 0 Å². The second-order valence-electron chi connectivity index (χ2n) is 4.78. The first kappa shape index (κ1) is 12.8. The zero-order chi connectivity index (χ0) is 13.8. The van der Waals surface area contributed by atoms with Crippen LogP contribution in [0.3, 0.4) is 0 Å². The summed E-state index contributed by atoms with van der Waals surface area (Å²) in [6.45, 7) is 1.62. The molecule has 0 bridgehead atoms. The maximum Gasteiger partial charge on any atom is 0.137 e. The fraction of sp³-hybridized carbons (Fsp3) is 0.188. The lowest BCUT2D eigenvalue weighted by atomic mass is 10.1. The van der Waals surface area contributed by atoms with Gasteiger partial charge in [0.15, 0.2) is 0 Å². The van der Waals surface area contributed by atoms with Gasteiger partial charge in [0.25, 0.3) is 0 Å². The predicted molar refractivity (Wildman–Crippen MR) is 78.1 cm³/mol. The Morgan fingerprint density at radius 3 is 2.55 bits per heavy atom. The summed E-state index contributed by atoms with van der Waals surface area (Å²) in [6, 6.07) is 13.9. The average molecular weight is 267 g/mol. The van der Waals surface area contributed by atoms with E-state index in [1.165, 1.54) is 5.56 Å². The zero-order valence-corrected chi connectivity index (χ0v) is 11.2. The van der Waals surface area contributed by atoms with E-state index in [1.807, 2.05) is 59.3 Å². The van der Waals surface area contributed by atoms with E-state index in [2.05, 4.69) is 10.3 Å². The lowest BCUT2D eigenvalue weighted by Gasteiger charge is -2.04. The minimum atomic E-state index is 0.0922. The molecule has 3 aromatic rings. The Hall–Kier alpha value is -2.17. The van der Waals surface area contributed by atoms with Gasteiger partial charge in [0, 0.05) is 25.5 Å². The summed E-state index contributed by atoms with van der Waals surface area (Å²) in [5.74, 6) is 0.